The lowest BCUT2D eigenvalue weighted by Gasteiger charge is -2.31. The van der Waals surface area contributed by atoms with Crippen molar-refractivity contribution in [3.8, 4) is 0 Å². The molecule has 1 heterocycles. The van der Waals surface area contributed by atoms with Crippen LogP contribution in [0.5, 0.6) is 0 Å². The van der Waals surface area contributed by atoms with Crippen LogP contribution >= 0.6 is 0 Å². The third-order valence-corrected chi connectivity index (χ3v) is 5.82. The Balaban J connectivity index is 1.64. The van der Waals surface area contributed by atoms with Crippen LogP contribution in [0.1, 0.15) is 32.6 Å². The molecular formula is C26H32N4O2. The lowest BCUT2D eigenvalue weighted by Crippen LogP contribution is -2.47. The second-order valence-corrected chi connectivity index (χ2v) is 8.17. The van der Waals surface area contributed by atoms with Gasteiger partial charge in [0.1, 0.15) is 0 Å². The van der Waals surface area contributed by atoms with Gasteiger partial charge in [0.15, 0.2) is 0 Å². The topological polar surface area (TPSA) is 64.7 Å². The molecule has 1 aliphatic rings. The standard InChI is InChI=1S/C26H32N4O2/c1-5-20-8-7-9-21(23(20)6-2)17-27-26(32)24-16-22(11-10-19(24)3)28-25(31)18-30-14-12-29(4)13-15-30/h5-11,16H,1-2,12-15,17-18H2,3-4H3,(H,27,32)(H,28,31). The first-order valence-corrected chi connectivity index (χ1v) is 10.9. The van der Waals surface area contributed by atoms with Gasteiger partial charge in [-0.1, -0.05) is 49.6 Å². The molecule has 0 unspecified atom stereocenters. The number of carbonyl (C=O) groups excluding carboxylic acids is 2. The minimum atomic E-state index is -0.184. The third kappa shape index (κ3) is 5.93. The van der Waals surface area contributed by atoms with Gasteiger partial charge >= 0.3 is 0 Å². The van der Waals surface area contributed by atoms with Gasteiger partial charge in [-0.25, -0.2) is 0 Å². The summed E-state index contributed by atoms with van der Waals surface area (Å²) in [5.41, 5.74) is 4.93. The Labute approximate surface area is 190 Å². The molecule has 3 rings (SSSR count). The van der Waals surface area contributed by atoms with E-state index in [1.165, 1.54) is 0 Å². The highest BCUT2D eigenvalue weighted by Crippen LogP contribution is 2.19. The summed E-state index contributed by atoms with van der Waals surface area (Å²) < 4.78 is 0. The van der Waals surface area contributed by atoms with E-state index in [0.29, 0.717) is 24.3 Å². The van der Waals surface area contributed by atoms with Gasteiger partial charge in [0.25, 0.3) is 5.91 Å². The van der Waals surface area contributed by atoms with Crippen LogP contribution in [0, 0.1) is 6.92 Å². The van der Waals surface area contributed by atoms with Crippen molar-refractivity contribution in [3.63, 3.8) is 0 Å². The van der Waals surface area contributed by atoms with Gasteiger partial charge in [0, 0.05) is 44.0 Å². The van der Waals surface area contributed by atoms with Crippen LogP contribution in [-0.2, 0) is 11.3 Å². The predicted molar refractivity (Wildman–Crippen MR) is 132 cm³/mol. The van der Waals surface area contributed by atoms with Gasteiger partial charge in [-0.3, -0.25) is 14.5 Å². The van der Waals surface area contributed by atoms with E-state index in [9.17, 15) is 9.59 Å². The molecule has 0 bridgehead atoms. The molecule has 0 atom stereocenters. The maximum atomic E-state index is 12.9. The lowest BCUT2D eigenvalue weighted by atomic mass is 10.0. The molecule has 2 N–H and O–H groups in total. The quantitative estimate of drug-likeness (QED) is 0.671. The van der Waals surface area contributed by atoms with Crippen LogP contribution in [0.15, 0.2) is 49.6 Å². The number of rotatable bonds is 8. The molecule has 0 spiro atoms. The summed E-state index contributed by atoms with van der Waals surface area (Å²) in [5.74, 6) is -0.252. The van der Waals surface area contributed by atoms with Crippen molar-refractivity contribution < 1.29 is 9.59 Å². The second kappa shape index (κ2) is 10.9. The van der Waals surface area contributed by atoms with Crippen LogP contribution in [-0.4, -0.2) is 61.4 Å². The fourth-order valence-electron chi connectivity index (χ4n) is 3.84. The van der Waals surface area contributed by atoms with Crippen LogP contribution in [0.4, 0.5) is 5.69 Å². The van der Waals surface area contributed by atoms with Crippen LogP contribution in [0.2, 0.25) is 0 Å². The number of anilines is 1. The number of aryl methyl sites for hydroxylation is 1. The molecule has 32 heavy (non-hydrogen) atoms. The summed E-state index contributed by atoms with van der Waals surface area (Å²) in [6.07, 6.45) is 3.56. The number of hydrogen-bond donors (Lipinski definition) is 2. The van der Waals surface area contributed by atoms with Crippen LogP contribution in [0.25, 0.3) is 12.2 Å². The predicted octanol–water partition coefficient (Wildman–Crippen LogP) is 3.40. The molecule has 0 aromatic heterocycles. The van der Waals surface area contributed by atoms with Crippen LogP contribution in [0.3, 0.4) is 0 Å². The Bertz CT molecular complexity index is 1010. The SMILES string of the molecule is C=Cc1cccc(CNC(=O)c2cc(NC(=O)CN3CCN(C)CC3)ccc2C)c1C=C. The Morgan fingerprint density at radius 1 is 1.06 bits per heavy atom. The van der Waals surface area contributed by atoms with Crippen molar-refractivity contribution >= 4 is 29.7 Å². The Hall–Kier alpha value is -3.22. The fourth-order valence-corrected chi connectivity index (χ4v) is 3.84. The minimum Gasteiger partial charge on any atom is -0.348 e. The van der Waals surface area contributed by atoms with Gasteiger partial charge in [-0.15, -0.1) is 0 Å². The Kier molecular flexibility index (Phi) is 7.98. The Morgan fingerprint density at radius 3 is 2.50 bits per heavy atom. The van der Waals surface area contributed by atoms with E-state index in [4.69, 9.17) is 0 Å². The van der Waals surface area contributed by atoms with Gasteiger partial charge in [0.05, 0.1) is 6.54 Å². The number of nitrogens with one attached hydrogen (secondary N) is 2. The van der Waals surface area contributed by atoms with Gasteiger partial charge in [-0.05, 0) is 48.4 Å². The zero-order chi connectivity index (χ0) is 23.1. The highest BCUT2D eigenvalue weighted by molar-refractivity contribution is 5.98. The molecule has 168 valence electrons. The number of likely N-dealkylation sites (N-methyl/N-ethyl adjacent to an activating group) is 1. The molecule has 0 aliphatic carbocycles. The molecule has 1 fully saturated rings. The molecule has 6 nitrogen and oxygen atoms in total. The van der Waals surface area contributed by atoms with Gasteiger partial charge < -0.3 is 15.5 Å². The number of hydrogen-bond acceptors (Lipinski definition) is 4. The number of piperazine rings is 1. The highest BCUT2D eigenvalue weighted by Gasteiger charge is 2.17. The summed E-state index contributed by atoms with van der Waals surface area (Å²) in [6, 6.07) is 11.3. The molecule has 0 radical (unpaired) electrons. The molecule has 1 aliphatic heterocycles. The van der Waals surface area contributed by atoms with E-state index >= 15 is 0 Å². The fraction of sp³-hybridized carbons (Fsp3) is 0.308. The number of benzene rings is 2. The number of carbonyl (C=O) groups is 2. The largest absolute Gasteiger partial charge is 0.348 e. The van der Waals surface area contributed by atoms with E-state index in [1.54, 1.807) is 18.2 Å². The molecule has 2 amide bonds. The Morgan fingerprint density at radius 2 is 1.81 bits per heavy atom. The molecular weight excluding hydrogens is 400 g/mol. The molecule has 2 aromatic carbocycles. The van der Waals surface area contributed by atoms with E-state index in [1.807, 2.05) is 37.3 Å². The summed E-state index contributed by atoms with van der Waals surface area (Å²) in [6.45, 7) is 14.0. The van der Waals surface area contributed by atoms with Crippen molar-refractivity contribution in [3.05, 3.63) is 77.4 Å². The third-order valence-electron chi connectivity index (χ3n) is 5.82. The smallest absolute Gasteiger partial charge is 0.251 e. The second-order valence-electron chi connectivity index (χ2n) is 8.17. The van der Waals surface area contributed by atoms with Crippen molar-refractivity contribution in [2.24, 2.45) is 0 Å². The first kappa shape index (κ1) is 23.4. The number of nitrogens with zero attached hydrogens (tertiary/aromatic N) is 2. The monoisotopic (exact) mass is 432 g/mol. The molecule has 2 aromatic rings. The first-order chi connectivity index (χ1) is 15.4. The van der Waals surface area contributed by atoms with E-state index < -0.39 is 0 Å². The van der Waals surface area contributed by atoms with Crippen molar-refractivity contribution in [2.75, 3.05) is 45.1 Å². The van der Waals surface area contributed by atoms with Crippen LogP contribution < -0.4 is 10.6 Å². The van der Waals surface area contributed by atoms with Gasteiger partial charge in [-0.2, -0.15) is 0 Å². The number of amides is 2. The minimum absolute atomic E-state index is 0.0679. The average Bonchev–Trinajstić information content (AvgIpc) is 2.79. The maximum Gasteiger partial charge on any atom is 0.251 e. The van der Waals surface area contributed by atoms with Crippen molar-refractivity contribution in [1.29, 1.82) is 0 Å². The summed E-state index contributed by atoms with van der Waals surface area (Å²) in [4.78, 5) is 29.8. The normalized spacial score (nSPS) is 14.6. The van der Waals surface area contributed by atoms with Gasteiger partial charge in [0.2, 0.25) is 5.91 Å². The van der Waals surface area contributed by atoms with E-state index in [0.717, 1.165) is 48.4 Å². The molecule has 0 saturated carbocycles. The molecule has 6 heteroatoms. The highest BCUT2D eigenvalue weighted by atomic mass is 16.2. The first-order valence-electron chi connectivity index (χ1n) is 10.9. The summed E-state index contributed by atoms with van der Waals surface area (Å²) in [7, 11) is 2.09. The van der Waals surface area contributed by atoms with E-state index in [-0.39, 0.29) is 11.8 Å². The average molecular weight is 433 g/mol. The zero-order valence-electron chi connectivity index (χ0n) is 19.0. The summed E-state index contributed by atoms with van der Waals surface area (Å²) in [5, 5.41) is 5.92. The zero-order valence-corrected chi connectivity index (χ0v) is 19.0. The van der Waals surface area contributed by atoms with Crippen molar-refractivity contribution in [2.45, 2.75) is 13.5 Å². The van der Waals surface area contributed by atoms with E-state index in [2.05, 4.69) is 40.6 Å². The maximum absolute atomic E-state index is 12.9. The van der Waals surface area contributed by atoms with Crippen molar-refractivity contribution in [1.82, 2.24) is 15.1 Å². The molecule has 1 saturated heterocycles. The lowest BCUT2D eigenvalue weighted by molar-refractivity contribution is -0.117. The summed E-state index contributed by atoms with van der Waals surface area (Å²) >= 11 is 0.